The van der Waals surface area contributed by atoms with Gasteiger partial charge in [-0.15, -0.1) is 0 Å². The molecule has 1 aromatic rings. The number of amides is 1. The number of carbonyl (C=O) groups is 1. The Kier molecular flexibility index (Phi) is 5.45. The van der Waals surface area contributed by atoms with Crippen molar-refractivity contribution in [2.45, 2.75) is 43.4 Å². The highest BCUT2D eigenvalue weighted by Gasteiger charge is 2.22. The second-order valence-electron chi connectivity index (χ2n) is 5.34. The van der Waals surface area contributed by atoms with E-state index in [9.17, 15) is 13.2 Å². The number of furan rings is 1. The first-order chi connectivity index (χ1) is 9.88. The van der Waals surface area contributed by atoms with E-state index in [0.717, 1.165) is 12.5 Å². The second kappa shape index (κ2) is 6.93. The van der Waals surface area contributed by atoms with Crippen molar-refractivity contribution in [1.29, 1.82) is 0 Å². The number of sulfonamides is 1. The minimum atomic E-state index is -3.90. The number of carbonyl (C=O) groups excluding carboxylic acids is 1. The average Bonchev–Trinajstić information content (AvgIpc) is 2.82. The molecule has 0 aliphatic heterocycles. The van der Waals surface area contributed by atoms with E-state index < -0.39 is 15.9 Å². The fourth-order valence-electron chi connectivity index (χ4n) is 2.61. The van der Waals surface area contributed by atoms with E-state index in [1.54, 1.807) is 0 Å². The minimum Gasteiger partial charge on any atom is -0.443 e. The molecule has 2 rings (SSSR count). The van der Waals surface area contributed by atoms with Crippen molar-refractivity contribution in [1.82, 2.24) is 5.32 Å². The van der Waals surface area contributed by atoms with Gasteiger partial charge in [-0.05, 0) is 28.3 Å². The highest BCUT2D eigenvalue weighted by molar-refractivity contribution is 9.10. The van der Waals surface area contributed by atoms with Crippen molar-refractivity contribution >= 4 is 31.9 Å². The maximum absolute atomic E-state index is 11.9. The lowest BCUT2D eigenvalue weighted by Crippen LogP contribution is -2.26. The van der Waals surface area contributed by atoms with E-state index in [4.69, 9.17) is 9.56 Å². The number of nitrogens with one attached hydrogen (secondary N) is 1. The summed E-state index contributed by atoms with van der Waals surface area (Å²) in [6.45, 7) is 0.562. The molecular weight excluding hydrogens is 360 g/mol. The van der Waals surface area contributed by atoms with Gasteiger partial charge in [0.05, 0.1) is 0 Å². The van der Waals surface area contributed by atoms with Gasteiger partial charge >= 0.3 is 0 Å². The molecule has 3 N–H and O–H groups in total. The molecule has 0 saturated heterocycles. The molecule has 1 aromatic heterocycles. The molecule has 6 nitrogen and oxygen atoms in total. The Morgan fingerprint density at radius 1 is 1.38 bits per heavy atom. The first kappa shape index (κ1) is 16.5. The maximum atomic E-state index is 11.9. The molecule has 1 saturated carbocycles. The van der Waals surface area contributed by atoms with Crippen LogP contribution < -0.4 is 10.5 Å². The summed E-state index contributed by atoms with van der Waals surface area (Å²) in [5.41, 5.74) is 0. The van der Waals surface area contributed by atoms with Crippen LogP contribution in [0.15, 0.2) is 20.0 Å². The standard InChI is InChI=1S/C13H19BrN2O4S/c14-12-11(21(15,18)19)8-10(20-12)13(17)16-7-6-9-4-2-1-3-5-9/h8-9H,1-7H2,(H,16,17)(H2,15,18,19). The molecule has 0 radical (unpaired) electrons. The summed E-state index contributed by atoms with van der Waals surface area (Å²) in [7, 11) is -3.90. The smallest absolute Gasteiger partial charge is 0.287 e. The predicted octanol–water partition coefficient (Wildman–Crippen LogP) is 2.39. The number of rotatable bonds is 5. The fraction of sp³-hybridized carbons (Fsp3) is 0.615. The Balaban J connectivity index is 1.88. The normalized spacial score (nSPS) is 16.9. The Bertz CT molecular complexity index is 606. The van der Waals surface area contributed by atoms with Crippen molar-refractivity contribution in [3.63, 3.8) is 0 Å². The quantitative estimate of drug-likeness (QED) is 0.820. The van der Waals surface area contributed by atoms with E-state index >= 15 is 0 Å². The molecule has 21 heavy (non-hydrogen) atoms. The van der Waals surface area contributed by atoms with Crippen molar-refractivity contribution in [2.75, 3.05) is 6.54 Å². The zero-order chi connectivity index (χ0) is 15.5. The van der Waals surface area contributed by atoms with Crippen LogP contribution in [-0.2, 0) is 10.0 Å². The highest BCUT2D eigenvalue weighted by atomic mass is 79.9. The lowest BCUT2D eigenvalue weighted by molar-refractivity contribution is 0.0921. The Morgan fingerprint density at radius 3 is 2.62 bits per heavy atom. The van der Waals surface area contributed by atoms with Gasteiger partial charge in [0.15, 0.2) is 10.4 Å². The fourth-order valence-corrected chi connectivity index (χ4v) is 4.11. The van der Waals surface area contributed by atoms with Crippen molar-refractivity contribution < 1.29 is 17.6 Å². The number of primary sulfonamides is 1. The topological polar surface area (TPSA) is 102 Å². The monoisotopic (exact) mass is 378 g/mol. The van der Waals surface area contributed by atoms with E-state index in [0.29, 0.717) is 12.5 Å². The van der Waals surface area contributed by atoms with Gasteiger partial charge in [-0.3, -0.25) is 4.79 Å². The van der Waals surface area contributed by atoms with Crippen LogP contribution in [0.3, 0.4) is 0 Å². The van der Waals surface area contributed by atoms with Gasteiger partial charge in [-0.2, -0.15) is 0 Å². The Hall–Kier alpha value is -0.860. The summed E-state index contributed by atoms with van der Waals surface area (Å²) in [5, 5.41) is 7.77. The van der Waals surface area contributed by atoms with E-state index in [1.807, 2.05) is 0 Å². The van der Waals surface area contributed by atoms with Crippen molar-refractivity contribution in [3.05, 3.63) is 16.5 Å². The van der Waals surface area contributed by atoms with Crippen LogP contribution in [0.2, 0.25) is 0 Å². The summed E-state index contributed by atoms with van der Waals surface area (Å²) in [6, 6.07) is 1.13. The van der Waals surface area contributed by atoms with Crippen LogP contribution in [0.1, 0.15) is 49.1 Å². The number of nitrogens with two attached hydrogens (primary N) is 1. The molecule has 0 unspecified atom stereocenters. The zero-order valence-electron chi connectivity index (χ0n) is 11.6. The molecule has 0 aromatic carbocycles. The zero-order valence-corrected chi connectivity index (χ0v) is 14.0. The summed E-state index contributed by atoms with van der Waals surface area (Å²) < 4.78 is 27.6. The summed E-state index contributed by atoms with van der Waals surface area (Å²) in [4.78, 5) is 11.7. The van der Waals surface area contributed by atoms with Gasteiger partial charge in [-0.25, -0.2) is 13.6 Å². The molecular formula is C13H19BrN2O4S. The van der Waals surface area contributed by atoms with Gasteiger partial charge in [0.2, 0.25) is 10.0 Å². The van der Waals surface area contributed by atoms with Crippen LogP contribution >= 0.6 is 15.9 Å². The summed E-state index contributed by atoms with van der Waals surface area (Å²) >= 11 is 2.95. The largest absolute Gasteiger partial charge is 0.443 e. The highest BCUT2D eigenvalue weighted by Crippen LogP contribution is 2.26. The molecule has 0 atom stereocenters. The van der Waals surface area contributed by atoms with E-state index in [-0.39, 0.29) is 15.3 Å². The Morgan fingerprint density at radius 2 is 2.05 bits per heavy atom. The molecule has 0 spiro atoms. The molecule has 0 bridgehead atoms. The number of hydrogen-bond donors (Lipinski definition) is 2. The molecule has 1 fully saturated rings. The van der Waals surface area contributed by atoms with E-state index in [1.165, 1.54) is 32.1 Å². The van der Waals surface area contributed by atoms with Gasteiger partial charge in [0.1, 0.15) is 4.90 Å². The number of halogens is 1. The summed E-state index contributed by atoms with van der Waals surface area (Å²) in [6.07, 6.45) is 7.22. The predicted molar refractivity (Wildman–Crippen MR) is 81.3 cm³/mol. The molecule has 8 heteroatoms. The molecule has 1 aliphatic rings. The SMILES string of the molecule is NS(=O)(=O)c1cc(C(=O)NCCC2CCCCC2)oc1Br. The van der Waals surface area contributed by atoms with Crippen LogP contribution in [-0.4, -0.2) is 20.9 Å². The van der Waals surface area contributed by atoms with Crippen LogP contribution in [0.5, 0.6) is 0 Å². The molecule has 118 valence electrons. The first-order valence-electron chi connectivity index (χ1n) is 6.98. The van der Waals surface area contributed by atoms with Gasteiger partial charge in [0.25, 0.3) is 5.91 Å². The third-order valence-corrected chi connectivity index (χ3v) is 5.52. The molecule has 1 heterocycles. The lowest BCUT2D eigenvalue weighted by Gasteiger charge is -2.21. The average molecular weight is 379 g/mol. The van der Waals surface area contributed by atoms with Crippen molar-refractivity contribution in [2.24, 2.45) is 11.1 Å². The molecule has 1 amide bonds. The van der Waals surface area contributed by atoms with Crippen LogP contribution in [0, 0.1) is 5.92 Å². The maximum Gasteiger partial charge on any atom is 0.287 e. The van der Waals surface area contributed by atoms with Gasteiger partial charge in [-0.1, -0.05) is 32.1 Å². The lowest BCUT2D eigenvalue weighted by atomic mass is 9.87. The van der Waals surface area contributed by atoms with Gasteiger partial charge < -0.3 is 9.73 Å². The van der Waals surface area contributed by atoms with Crippen LogP contribution in [0.4, 0.5) is 0 Å². The minimum absolute atomic E-state index is 0.0533. The number of hydrogen-bond acceptors (Lipinski definition) is 4. The molecule has 1 aliphatic carbocycles. The second-order valence-corrected chi connectivity index (χ2v) is 7.59. The first-order valence-corrected chi connectivity index (χ1v) is 9.32. The summed E-state index contributed by atoms with van der Waals surface area (Å²) in [5.74, 6) is 0.179. The third kappa shape index (κ3) is 4.55. The van der Waals surface area contributed by atoms with Crippen LogP contribution in [0.25, 0.3) is 0 Å². The Labute approximate surface area is 132 Å². The van der Waals surface area contributed by atoms with Crippen molar-refractivity contribution in [3.8, 4) is 0 Å². The van der Waals surface area contributed by atoms with Gasteiger partial charge in [0, 0.05) is 12.6 Å². The third-order valence-electron chi connectivity index (χ3n) is 3.75. The van der Waals surface area contributed by atoms with E-state index in [2.05, 4.69) is 21.2 Å².